The zero-order chi connectivity index (χ0) is 14.9. The van der Waals surface area contributed by atoms with E-state index in [9.17, 15) is 8.42 Å². The highest BCUT2D eigenvalue weighted by atomic mass is 35.7. The highest BCUT2D eigenvalue weighted by Gasteiger charge is 2.17. The van der Waals surface area contributed by atoms with Crippen LogP contribution < -0.4 is 4.74 Å². The molecule has 0 radical (unpaired) electrons. The molecule has 0 aliphatic carbocycles. The van der Waals surface area contributed by atoms with Crippen LogP contribution in [0.15, 0.2) is 23.2 Å². The number of nitrogens with zero attached hydrogens (tertiary/aromatic N) is 3. The first-order chi connectivity index (χ1) is 9.27. The van der Waals surface area contributed by atoms with E-state index in [2.05, 4.69) is 10.3 Å². The predicted molar refractivity (Wildman–Crippen MR) is 74.3 cm³/mol. The third-order valence-electron chi connectivity index (χ3n) is 2.71. The van der Waals surface area contributed by atoms with Crippen molar-refractivity contribution < 1.29 is 13.2 Å². The number of rotatable bonds is 4. The van der Waals surface area contributed by atoms with Gasteiger partial charge in [0.05, 0.1) is 11.1 Å². The van der Waals surface area contributed by atoms with Crippen LogP contribution >= 0.6 is 10.7 Å². The average Bonchev–Trinajstić information content (AvgIpc) is 2.69. The molecule has 0 aliphatic rings. The Bertz CT molecular complexity index is 717. The zero-order valence-electron chi connectivity index (χ0n) is 11.3. The Kier molecular flexibility index (Phi) is 4.01. The highest BCUT2D eigenvalue weighted by Crippen LogP contribution is 2.28. The SMILES string of the molecule is Cc1cc(OCc2cn(C)nn2)cc(C)c1S(=O)(=O)Cl. The lowest BCUT2D eigenvalue weighted by molar-refractivity contribution is 0.300. The van der Waals surface area contributed by atoms with E-state index < -0.39 is 9.05 Å². The maximum Gasteiger partial charge on any atom is 0.261 e. The monoisotopic (exact) mass is 315 g/mol. The standard InChI is InChI=1S/C12H14ClN3O3S/c1-8-4-11(5-9(2)12(8)20(13,17)18)19-7-10-6-16(3)15-14-10/h4-6H,7H2,1-3H3. The zero-order valence-corrected chi connectivity index (χ0v) is 12.9. The number of aromatic nitrogens is 3. The fraction of sp³-hybridized carbons (Fsp3) is 0.333. The normalized spacial score (nSPS) is 11.6. The lowest BCUT2D eigenvalue weighted by Gasteiger charge is -2.10. The molecule has 0 fully saturated rings. The van der Waals surface area contributed by atoms with Crippen molar-refractivity contribution in [3.05, 3.63) is 35.2 Å². The minimum Gasteiger partial charge on any atom is -0.487 e. The van der Waals surface area contributed by atoms with Gasteiger partial charge in [0, 0.05) is 17.7 Å². The van der Waals surface area contributed by atoms with E-state index in [0.717, 1.165) is 0 Å². The molecular weight excluding hydrogens is 302 g/mol. The van der Waals surface area contributed by atoms with E-state index in [-0.39, 0.29) is 11.5 Å². The molecule has 2 aromatic rings. The molecular formula is C12H14ClN3O3S. The molecule has 1 aromatic heterocycles. The smallest absolute Gasteiger partial charge is 0.261 e. The van der Waals surface area contributed by atoms with Crippen molar-refractivity contribution in [1.82, 2.24) is 15.0 Å². The highest BCUT2D eigenvalue weighted by molar-refractivity contribution is 8.13. The van der Waals surface area contributed by atoms with Crippen molar-refractivity contribution in [2.45, 2.75) is 25.3 Å². The Hall–Kier alpha value is -1.60. The van der Waals surface area contributed by atoms with Gasteiger partial charge in [-0.2, -0.15) is 0 Å². The lowest BCUT2D eigenvalue weighted by atomic mass is 10.1. The minimum atomic E-state index is -3.75. The quantitative estimate of drug-likeness (QED) is 0.806. The van der Waals surface area contributed by atoms with E-state index in [0.29, 0.717) is 22.6 Å². The lowest BCUT2D eigenvalue weighted by Crippen LogP contribution is -2.01. The molecule has 0 unspecified atom stereocenters. The first-order valence-electron chi connectivity index (χ1n) is 5.81. The van der Waals surface area contributed by atoms with Crippen LogP contribution in [0, 0.1) is 13.8 Å². The summed E-state index contributed by atoms with van der Waals surface area (Å²) in [5.74, 6) is 0.565. The fourth-order valence-corrected chi connectivity index (χ4v) is 3.61. The molecule has 1 heterocycles. The second-order valence-electron chi connectivity index (χ2n) is 4.50. The minimum absolute atomic E-state index is 0.131. The molecule has 1 aromatic carbocycles. The van der Waals surface area contributed by atoms with Crippen molar-refractivity contribution in [3.8, 4) is 5.75 Å². The topological polar surface area (TPSA) is 74.1 Å². The van der Waals surface area contributed by atoms with Crippen LogP contribution in [-0.4, -0.2) is 23.4 Å². The number of benzene rings is 1. The Morgan fingerprint density at radius 2 is 1.90 bits per heavy atom. The van der Waals surface area contributed by atoms with Crippen molar-refractivity contribution in [1.29, 1.82) is 0 Å². The summed E-state index contributed by atoms with van der Waals surface area (Å²) in [4.78, 5) is 0.131. The maximum atomic E-state index is 11.5. The third kappa shape index (κ3) is 3.29. The van der Waals surface area contributed by atoms with Gasteiger partial charge in [-0.15, -0.1) is 5.10 Å². The molecule has 0 spiro atoms. The molecule has 108 valence electrons. The van der Waals surface area contributed by atoms with Gasteiger partial charge in [-0.25, -0.2) is 8.42 Å². The summed E-state index contributed by atoms with van der Waals surface area (Å²) in [5.41, 5.74) is 1.79. The molecule has 0 atom stereocenters. The van der Waals surface area contributed by atoms with Crippen LogP contribution in [0.3, 0.4) is 0 Å². The molecule has 0 N–H and O–H groups in total. The molecule has 0 saturated heterocycles. The summed E-state index contributed by atoms with van der Waals surface area (Å²) in [5, 5.41) is 7.70. The molecule has 0 amide bonds. The third-order valence-corrected chi connectivity index (χ3v) is 4.31. The molecule has 6 nitrogen and oxygen atoms in total. The first kappa shape index (κ1) is 14.8. The Morgan fingerprint density at radius 1 is 1.30 bits per heavy atom. The van der Waals surface area contributed by atoms with Crippen molar-refractivity contribution >= 4 is 19.7 Å². The molecule has 0 bridgehead atoms. The molecule has 2 rings (SSSR count). The summed E-state index contributed by atoms with van der Waals surface area (Å²) in [6, 6.07) is 3.28. The number of hydrogen-bond acceptors (Lipinski definition) is 5. The van der Waals surface area contributed by atoms with Crippen LogP contribution in [0.2, 0.25) is 0 Å². The van der Waals surface area contributed by atoms with Crippen LogP contribution in [0.1, 0.15) is 16.8 Å². The van der Waals surface area contributed by atoms with Gasteiger partial charge in [0.15, 0.2) is 0 Å². The van der Waals surface area contributed by atoms with Crippen molar-refractivity contribution in [2.75, 3.05) is 0 Å². The second kappa shape index (κ2) is 5.41. The average molecular weight is 316 g/mol. The summed E-state index contributed by atoms with van der Waals surface area (Å²) >= 11 is 0. The van der Waals surface area contributed by atoms with E-state index >= 15 is 0 Å². The van der Waals surface area contributed by atoms with Gasteiger partial charge in [0.1, 0.15) is 18.1 Å². The number of hydrogen-bond donors (Lipinski definition) is 0. The fourth-order valence-electron chi connectivity index (χ4n) is 2.00. The Balaban J connectivity index is 2.23. The second-order valence-corrected chi connectivity index (χ2v) is 7.00. The Morgan fingerprint density at radius 3 is 2.35 bits per heavy atom. The van der Waals surface area contributed by atoms with Gasteiger partial charge in [0.25, 0.3) is 9.05 Å². The predicted octanol–water partition coefficient (Wildman–Crippen LogP) is 1.94. The number of aryl methyl sites for hydroxylation is 3. The van der Waals surface area contributed by atoms with E-state index in [4.69, 9.17) is 15.4 Å². The van der Waals surface area contributed by atoms with Gasteiger partial charge >= 0.3 is 0 Å². The number of halogens is 1. The summed E-state index contributed by atoms with van der Waals surface area (Å²) in [7, 11) is 3.42. The molecule has 0 saturated carbocycles. The molecule has 20 heavy (non-hydrogen) atoms. The van der Waals surface area contributed by atoms with Crippen molar-refractivity contribution in [2.24, 2.45) is 7.05 Å². The summed E-state index contributed by atoms with van der Waals surface area (Å²) in [6.45, 7) is 3.62. The van der Waals surface area contributed by atoms with E-state index in [1.165, 1.54) is 0 Å². The van der Waals surface area contributed by atoms with Gasteiger partial charge in [-0.05, 0) is 37.1 Å². The van der Waals surface area contributed by atoms with E-state index in [1.54, 1.807) is 43.9 Å². The van der Waals surface area contributed by atoms with Gasteiger partial charge in [-0.3, -0.25) is 4.68 Å². The maximum absolute atomic E-state index is 11.5. The van der Waals surface area contributed by atoms with Crippen LogP contribution in [0.25, 0.3) is 0 Å². The van der Waals surface area contributed by atoms with Crippen LogP contribution in [-0.2, 0) is 22.7 Å². The van der Waals surface area contributed by atoms with Crippen LogP contribution in [0.5, 0.6) is 5.75 Å². The van der Waals surface area contributed by atoms with Crippen LogP contribution in [0.4, 0.5) is 0 Å². The number of ether oxygens (including phenoxy) is 1. The Labute approximate surface area is 121 Å². The van der Waals surface area contributed by atoms with E-state index in [1.807, 2.05) is 0 Å². The molecule has 8 heteroatoms. The largest absolute Gasteiger partial charge is 0.487 e. The first-order valence-corrected chi connectivity index (χ1v) is 8.12. The van der Waals surface area contributed by atoms with Gasteiger partial charge in [-0.1, -0.05) is 5.21 Å². The van der Waals surface area contributed by atoms with Gasteiger partial charge in [0.2, 0.25) is 0 Å². The van der Waals surface area contributed by atoms with Crippen molar-refractivity contribution in [3.63, 3.8) is 0 Å². The molecule has 0 aliphatic heterocycles. The summed E-state index contributed by atoms with van der Waals surface area (Å²) < 4.78 is 30.1. The summed E-state index contributed by atoms with van der Waals surface area (Å²) in [6.07, 6.45) is 1.75. The van der Waals surface area contributed by atoms with Gasteiger partial charge < -0.3 is 4.74 Å².